The third kappa shape index (κ3) is 2.10. The zero-order valence-corrected chi connectivity index (χ0v) is 9.02. The highest BCUT2D eigenvalue weighted by Crippen LogP contribution is 2.21. The van der Waals surface area contributed by atoms with Gasteiger partial charge in [0.2, 0.25) is 0 Å². The van der Waals surface area contributed by atoms with Gasteiger partial charge in [0.1, 0.15) is 0 Å². The average Bonchev–Trinajstić information content (AvgIpc) is 2.10. The van der Waals surface area contributed by atoms with Crippen LogP contribution in [-0.4, -0.2) is 0 Å². The summed E-state index contributed by atoms with van der Waals surface area (Å²) < 4.78 is 0. The summed E-state index contributed by atoms with van der Waals surface area (Å²) in [5, 5.41) is 0. The summed E-state index contributed by atoms with van der Waals surface area (Å²) >= 11 is 0. The van der Waals surface area contributed by atoms with Gasteiger partial charge in [-0.2, -0.15) is 0 Å². The molecular formula is C12H19N. The fraction of sp³-hybridized carbons (Fsp3) is 0.500. The monoisotopic (exact) mass is 177 g/mol. The molecule has 0 saturated heterocycles. The Labute approximate surface area is 81.0 Å². The highest BCUT2D eigenvalue weighted by Gasteiger charge is 2.07. The zero-order valence-electron chi connectivity index (χ0n) is 9.02. The molecule has 0 aliphatic rings. The molecule has 2 N–H and O–H groups in total. The summed E-state index contributed by atoms with van der Waals surface area (Å²) in [5.41, 5.74) is 11.3. The molecule has 0 aromatic heterocycles. The Hall–Kier alpha value is -0.820. The van der Waals surface area contributed by atoms with Crippen LogP contribution in [0.4, 0.5) is 0 Å². The standard InChI is InChI=1S/C12H19N/c1-5-12(13)11-7-9(3)8(2)6-10(11)4/h6-7,12H,5,13H2,1-4H3/t12-/m0/s1. The average molecular weight is 177 g/mol. The summed E-state index contributed by atoms with van der Waals surface area (Å²) in [7, 11) is 0. The molecule has 0 bridgehead atoms. The highest BCUT2D eigenvalue weighted by molar-refractivity contribution is 5.37. The van der Waals surface area contributed by atoms with Gasteiger partial charge in [0.05, 0.1) is 0 Å². The van der Waals surface area contributed by atoms with Crippen LogP contribution in [0.3, 0.4) is 0 Å². The van der Waals surface area contributed by atoms with Gasteiger partial charge in [-0.05, 0) is 49.4 Å². The third-order valence-corrected chi connectivity index (χ3v) is 2.72. The second-order valence-electron chi connectivity index (χ2n) is 3.81. The third-order valence-electron chi connectivity index (χ3n) is 2.72. The Kier molecular flexibility index (Phi) is 3.10. The lowest BCUT2D eigenvalue weighted by Gasteiger charge is -2.14. The smallest absolute Gasteiger partial charge is 0.0294 e. The summed E-state index contributed by atoms with van der Waals surface area (Å²) in [6.07, 6.45) is 1.00. The molecule has 0 aliphatic carbocycles. The quantitative estimate of drug-likeness (QED) is 0.738. The molecule has 72 valence electrons. The lowest BCUT2D eigenvalue weighted by atomic mass is 9.95. The molecule has 0 saturated carbocycles. The van der Waals surface area contributed by atoms with Gasteiger partial charge in [-0.25, -0.2) is 0 Å². The highest BCUT2D eigenvalue weighted by atomic mass is 14.6. The molecule has 0 heterocycles. The molecule has 13 heavy (non-hydrogen) atoms. The van der Waals surface area contributed by atoms with Crippen LogP contribution in [0.2, 0.25) is 0 Å². The number of rotatable bonds is 2. The minimum atomic E-state index is 0.194. The molecule has 1 atom stereocenters. The fourth-order valence-corrected chi connectivity index (χ4v) is 1.60. The van der Waals surface area contributed by atoms with Crippen LogP contribution < -0.4 is 5.73 Å². The summed E-state index contributed by atoms with van der Waals surface area (Å²) in [4.78, 5) is 0. The second-order valence-corrected chi connectivity index (χ2v) is 3.81. The van der Waals surface area contributed by atoms with E-state index in [9.17, 15) is 0 Å². The summed E-state index contributed by atoms with van der Waals surface area (Å²) in [5.74, 6) is 0. The van der Waals surface area contributed by atoms with Crippen molar-refractivity contribution in [1.29, 1.82) is 0 Å². The van der Waals surface area contributed by atoms with Crippen LogP contribution in [0.25, 0.3) is 0 Å². The van der Waals surface area contributed by atoms with E-state index in [1.807, 2.05) is 0 Å². The van der Waals surface area contributed by atoms with E-state index in [2.05, 4.69) is 39.8 Å². The lowest BCUT2D eigenvalue weighted by Crippen LogP contribution is -2.10. The molecular weight excluding hydrogens is 158 g/mol. The van der Waals surface area contributed by atoms with Crippen molar-refractivity contribution in [1.82, 2.24) is 0 Å². The van der Waals surface area contributed by atoms with Gasteiger partial charge >= 0.3 is 0 Å². The normalized spacial score (nSPS) is 13.0. The number of aryl methyl sites for hydroxylation is 3. The maximum Gasteiger partial charge on any atom is 0.0294 e. The van der Waals surface area contributed by atoms with Crippen LogP contribution in [0.1, 0.15) is 41.6 Å². The first-order valence-electron chi connectivity index (χ1n) is 4.89. The summed E-state index contributed by atoms with van der Waals surface area (Å²) in [6.45, 7) is 8.54. The van der Waals surface area contributed by atoms with Crippen LogP contribution >= 0.6 is 0 Å². The van der Waals surface area contributed by atoms with Crippen molar-refractivity contribution in [2.45, 2.75) is 40.2 Å². The van der Waals surface area contributed by atoms with Crippen molar-refractivity contribution in [3.05, 3.63) is 34.4 Å². The van der Waals surface area contributed by atoms with Crippen LogP contribution in [0.5, 0.6) is 0 Å². The lowest BCUT2D eigenvalue weighted by molar-refractivity contribution is 0.693. The van der Waals surface area contributed by atoms with E-state index in [0.717, 1.165) is 6.42 Å². The molecule has 0 radical (unpaired) electrons. The van der Waals surface area contributed by atoms with Crippen molar-refractivity contribution in [3.63, 3.8) is 0 Å². The van der Waals surface area contributed by atoms with Gasteiger partial charge in [-0.3, -0.25) is 0 Å². The van der Waals surface area contributed by atoms with Crippen molar-refractivity contribution in [2.75, 3.05) is 0 Å². The predicted molar refractivity (Wildman–Crippen MR) is 57.9 cm³/mol. The first kappa shape index (κ1) is 10.3. The first-order valence-corrected chi connectivity index (χ1v) is 4.89. The van der Waals surface area contributed by atoms with Gasteiger partial charge in [0, 0.05) is 6.04 Å². The van der Waals surface area contributed by atoms with E-state index in [-0.39, 0.29) is 6.04 Å². The molecule has 0 aliphatic heterocycles. The van der Waals surface area contributed by atoms with Crippen molar-refractivity contribution >= 4 is 0 Å². The molecule has 1 aromatic carbocycles. The molecule has 0 fully saturated rings. The molecule has 0 unspecified atom stereocenters. The SMILES string of the molecule is CC[C@H](N)c1cc(C)c(C)cc1C. The van der Waals surface area contributed by atoms with Gasteiger partial charge in [0.15, 0.2) is 0 Å². The minimum Gasteiger partial charge on any atom is -0.324 e. The van der Waals surface area contributed by atoms with E-state index in [1.54, 1.807) is 0 Å². The number of nitrogens with two attached hydrogens (primary N) is 1. The largest absolute Gasteiger partial charge is 0.324 e. The Balaban J connectivity index is 3.15. The number of hydrogen-bond acceptors (Lipinski definition) is 1. The van der Waals surface area contributed by atoms with E-state index >= 15 is 0 Å². The maximum absolute atomic E-state index is 6.01. The number of hydrogen-bond donors (Lipinski definition) is 1. The topological polar surface area (TPSA) is 26.0 Å². The van der Waals surface area contributed by atoms with Crippen LogP contribution in [0.15, 0.2) is 12.1 Å². The zero-order chi connectivity index (χ0) is 10.0. The molecule has 1 nitrogen and oxygen atoms in total. The van der Waals surface area contributed by atoms with E-state index in [0.29, 0.717) is 0 Å². The molecule has 0 amide bonds. The van der Waals surface area contributed by atoms with Gasteiger partial charge in [0.25, 0.3) is 0 Å². The Morgan fingerprint density at radius 2 is 1.62 bits per heavy atom. The maximum atomic E-state index is 6.01. The second kappa shape index (κ2) is 3.93. The Morgan fingerprint density at radius 3 is 2.15 bits per heavy atom. The van der Waals surface area contributed by atoms with Crippen molar-refractivity contribution in [3.8, 4) is 0 Å². The van der Waals surface area contributed by atoms with Gasteiger partial charge < -0.3 is 5.73 Å². The molecule has 1 heteroatoms. The first-order chi connectivity index (χ1) is 6.06. The van der Waals surface area contributed by atoms with Crippen LogP contribution in [0, 0.1) is 20.8 Å². The summed E-state index contributed by atoms with van der Waals surface area (Å²) in [6, 6.07) is 4.64. The number of benzene rings is 1. The molecule has 1 rings (SSSR count). The molecule has 0 spiro atoms. The van der Waals surface area contributed by atoms with E-state index < -0.39 is 0 Å². The molecule has 1 aromatic rings. The van der Waals surface area contributed by atoms with E-state index in [1.165, 1.54) is 22.3 Å². The minimum absolute atomic E-state index is 0.194. The predicted octanol–water partition coefficient (Wildman–Crippen LogP) is 3.02. The van der Waals surface area contributed by atoms with Gasteiger partial charge in [-0.15, -0.1) is 0 Å². The van der Waals surface area contributed by atoms with Gasteiger partial charge in [-0.1, -0.05) is 19.1 Å². The Morgan fingerprint density at radius 1 is 1.08 bits per heavy atom. The fourth-order valence-electron chi connectivity index (χ4n) is 1.60. The van der Waals surface area contributed by atoms with E-state index in [4.69, 9.17) is 5.73 Å². The van der Waals surface area contributed by atoms with Crippen molar-refractivity contribution < 1.29 is 0 Å². The van der Waals surface area contributed by atoms with Crippen LogP contribution in [-0.2, 0) is 0 Å². The Bertz CT molecular complexity index is 302. The van der Waals surface area contributed by atoms with Crippen molar-refractivity contribution in [2.24, 2.45) is 5.73 Å².